The summed E-state index contributed by atoms with van der Waals surface area (Å²) in [6.07, 6.45) is 2.36. The van der Waals surface area contributed by atoms with Crippen LogP contribution >= 0.6 is 0 Å². The molecule has 1 atom stereocenters. The van der Waals surface area contributed by atoms with E-state index in [0.29, 0.717) is 13.2 Å². The topological polar surface area (TPSA) is 47.3 Å². The molecule has 0 aliphatic heterocycles. The molecule has 1 unspecified atom stereocenters. The number of fused-ring (bicyclic) bond motifs is 1. The van der Waals surface area contributed by atoms with Crippen LogP contribution in [0.5, 0.6) is 5.75 Å². The summed E-state index contributed by atoms with van der Waals surface area (Å²) >= 11 is 0. The number of benzene rings is 2. The van der Waals surface area contributed by atoms with Crippen LogP contribution in [-0.4, -0.2) is 25.7 Å². The molecule has 0 saturated carbocycles. The van der Waals surface area contributed by atoms with Crippen molar-refractivity contribution in [3.05, 3.63) is 42.5 Å². The molecule has 0 aliphatic rings. The third-order valence-corrected chi connectivity index (χ3v) is 3.44. The highest BCUT2D eigenvalue weighted by molar-refractivity contribution is 5.88. The zero-order valence-electron chi connectivity index (χ0n) is 12.1. The quantitative estimate of drug-likeness (QED) is 0.726. The Hall–Kier alpha value is -1.58. The molecule has 0 spiro atoms. The molecule has 20 heavy (non-hydrogen) atoms. The van der Waals surface area contributed by atoms with Gasteiger partial charge in [-0.05, 0) is 24.4 Å². The molecule has 0 heterocycles. The molecule has 0 aliphatic carbocycles. The molecule has 0 fully saturated rings. The van der Waals surface area contributed by atoms with Crippen molar-refractivity contribution in [3.8, 4) is 5.75 Å². The summed E-state index contributed by atoms with van der Waals surface area (Å²) < 4.78 is 5.96. The summed E-state index contributed by atoms with van der Waals surface area (Å²) in [4.78, 5) is 0. The van der Waals surface area contributed by atoms with E-state index in [0.717, 1.165) is 17.7 Å². The van der Waals surface area contributed by atoms with Gasteiger partial charge in [-0.2, -0.15) is 0 Å². The maximum absolute atomic E-state index is 5.96. The number of unbranched alkanes of at least 4 members (excludes halogenated alkanes) is 1. The van der Waals surface area contributed by atoms with Gasteiger partial charge in [0.1, 0.15) is 12.4 Å². The van der Waals surface area contributed by atoms with Crippen molar-refractivity contribution in [3.63, 3.8) is 0 Å². The minimum Gasteiger partial charge on any atom is -0.491 e. The molecule has 2 aromatic carbocycles. The van der Waals surface area contributed by atoms with Crippen molar-refractivity contribution >= 4 is 10.8 Å². The van der Waals surface area contributed by atoms with Crippen molar-refractivity contribution in [1.82, 2.24) is 5.32 Å². The third-order valence-electron chi connectivity index (χ3n) is 3.44. The maximum atomic E-state index is 5.96. The van der Waals surface area contributed by atoms with E-state index in [-0.39, 0.29) is 6.04 Å². The van der Waals surface area contributed by atoms with Crippen molar-refractivity contribution in [2.24, 2.45) is 5.73 Å². The Balaban J connectivity index is 1.97. The van der Waals surface area contributed by atoms with E-state index in [4.69, 9.17) is 10.5 Å². The molecule has 3 heteroatoms. The molecule has 2 aromatic rings. The van der Waals surface area contributed by atoms with Gasteiger partial charge in [0.2, 0.25) is 0 Å². The largest absolute Gasteiger partial charge is 0.491 e. The van der Waals surface area contributed by atoms with Crippen LogP contribution in [0.4, 0.5) is 0 Å². The fourth-order valence-electron chi connectivity index (χ4n) is 2.21. The predicted molar refractivity (Wildman–Crippen MR) is 85.2 cm³/mol. The molecule has 3 N–H and O–H groups in total. The first-order valence-corrected chi connectivity index (χ1v) is 7.39. The van der Waals surface area contributed by atoms with E-state index in [2.05, 4.69) is 30.4 Å². The van der Waals surface area contributed by atoms with Crippen LogP contribution in [0.1, 0.15) is 19.8 Å². The lowest BCUT2D eigenvalue weighted by Gasteiger charge is -2.18. The lowest BCUT2D eigenvalue weighted by Crippen LogP contribution is -2.41. The summed E-state index contributed by atoms with van der Waals surface area (Å²) in [5.74, 6) is 0.929. The minimum atomic E-state index is 0.209. The zero-order valence-corrected chi connectivity index (χ0v) is 12.1. The lowest BCUT2D eigenvalue weighted by molar-refractivity contribution is 0.269. The van der Waals surface area contributed by atoms with Crippen molar-refractivity contribution in [2.75, 3.05) is 19.7 Å². The van der Waals surface area contributed by atoms with Gasteiger partial charge in [0, 0.05) is 11.9 Å². The number of hydrogen-bond donors (Lipinski definition) is 2. The predicted octanol–water partition coefficient (Wildman–Crippen LogP) is 2.94. The summed E-state index contributed by atoms with van der Waals surface area (Å²) in [6, 6.07) is 14.6. The van der Waals surface area contributed by atoms with Crippen LogP contribution < -0.4 is 15.8 Å². The highest BCUT2D eigenvalue weighted by Gasteiger charge is 2.08. The van der Waals surface area contributed by atoms with Gasteiger partial charge >= 0.3 is 0 Å². The average Bonchev–Trinajstić information content (AvgIpc) is 2.50. The number of hydrogen-bond acceptors (Lipinski definition) is 3. The van der Waals surface area contributed by atoms with Gasteiger partial charge in [0.25, 0.3) is 0 Å². The number of rotatable bonds is 8. The van der Waals surface area contributed by atoms with Crippen molar-refractivity contribution < 1.29 is 4.74 Å². The van der Waals surface area contributed by atoms with Gasteiger partial charge in [-0.25, -0.2) is 0 Å². The molecule has 0 saturated heterocycles. The Kier molecular flexibility index (Phi) is 5.84. The Labute approximate surface area is 121 Å². The fraction of sp³-hybridized carbons (Fsp3) is 0.412. The van der Waals surface area contributed by atoms with Gasteiger partial charge in [0.05, 0.1) is 6.04 Å². The minimum absolute atomic E-state index is 0.209. The lowest BCUT2D eigenvalue weighted by atomic mass is 10.1. The van der Waals surface area contributed by atoms with E-state index in [1.807, 2.05) is 24.3 Å². The van der Waals surface area contributed by atoms with Crippen LogP contribution in [0.2, 0.25) is 0 Å². The fourth-order valence-corrected chi connectivity index (χ4v) is 2.21. The van der Waals surface area contributed by atoms with E-state index in [1.54, 1.807) is 0 Å². The molecule has 0 radical (unpaired) electrons. The first-order chi connectivity index (χ1) is 9.85. The molecule has 2 rings (SSSR count). The number of ether oxygens (including phenoxy) is 1. The molecular weight excluding hydrogens is 248 g/mol. The summed E-state index contributed by atoms with van der Waals surface area (Å²) in [5.41, 5.74) is 5.79. The summed E-state index contributed by atoms with van der Waals surface area (Å²) in [7, 11) is 0. The Bertz CT molecular complexity index is 522. The van der Waals surface area contributed by atoms with Crippen LogP contribution in [0.15, 0.2) is 42.5 Å². The Morgan fingerprint density at radius 2 is 1.95 bits per heavy atom. The highest BCUT2D eigenvalue weighted by Crippen LogP contribution is 2.25. The molecule has 108 valence electrons. The van der Waals surface area contributed by atoms with Crippen LogP contribution in [0.25, 0.3) is 10.8 Å². The Morgan fingerprint density at radius 1 is 1.15 bits per heavy atom. The second kappa shape index (κ2) is 7.88. The normalized spacial score (nSPS) is 12.5. The average molecular weight is 272 g/mol. The molecule has 3 nitrogen and oxygen atoms in total. The second-order valence-corrected chi connectivity index (χ2v) is 5.03. The van der Waals surface area contributed by atoms with E-state index < -0.39 is 0 Å². The number of nitrogens with one attached hydrogen (secondary N) is 1. The van der Waals surface area contributed by atoms with Gasteiger partial charge in [0.15, 0.2) is 0 Å². The first-order valence-electron chi connectivity index (χ1n) is 7.39. The van der Waals surface area contributed by atoms with Gasteiger partial charge in [-0.15, -0.1) is 0 Å². The molecule has 0 bridgehead atoms. The molecule has 0 amide bonds. The van der Waals surface area contributed by atoms with Crippen LogP contribution in [0, 0.1) is 0 Å². The standard InChI is InChI=1S/C17H24N2O/c1-2-3-11-19-15(12-18)13-20-17-10-6-8-14-7-4-5-9-16(14)17/h4-10,15,19H,2-3,11-13,18H2,1H3. The van der Waals surface area contributed by atoms with Gasteiger partial charge in [-0.3, -0.25) is 0 Å². The smallest absolute Gasteiger partial charge is 0.127 e. The van der Waals surface area contributed by atoms with E-state index in [9.17, 15) is 0 Å². The molecule has 0 aromatic heterocycles. The second-order valence-electron chi connectivity index (χ2n) is 5.03. The highest BCUT2D eigenvalue weighted by atomic mass is 16.5. The first kappa shape index (κ1) is 14.8. The Morgan fingerprint density at radius 3 is 2.75 bits per heavy atom. The maximum Gasteiger partial charge on any atom is 0.127 e. The SMILES string of the molecule is CCCCNC(CN)COc1cccc2ccccc12. The van der Waals surface area contributed by atoms with Gasteiger partial charge < -0.3 is 15.8 Å². The monoisotopic (exact) mass is 272 g/mol. The molecular formula is C17H24N2O. The van der Waals surface area contributed by atoms with E-state index in [1.165, 1.54) is 18.2 Å². The zero-order chi connectivity index (χ0) is 14.2. The van der Waals surface area contributed by atoms with Crippen LogP contribution in [-0.2, 0) is 0 Å². The summed E-state index contributed by atoms with van der Waals surface area (Å²) in [5, 5.41) is 5.79. The van der Waals surface area contributed by atoms with Crippen molar-refractivity contribution in [2.45, 2.75) is 25.8 Å². The van der Waals surface area contributed by atoms with Crippen LogP contribution in [0.3, 0.4) is 0 Å². The summed E-state index contributed by atoms with van der Waals surface area (Å²) in [6.45, 7) is 4.38. The van der Waals surface area contributed by atoms with E-state index >= 15 is 0 Å². The third kappa shape index (κ3) is 3.95. The number of nitrogens with two attached hydrogens (primary N) is 1. The van der Waals surface area contributed by atoms with Gasteiger partial charge in [-0.1, -0.05) is 49.7 Å². The van der Waals surface area contributed by atoms with Crippen molar-refractivity contribution in [1.29, 1.82) is 0 Å².